The van der Waals surface area contributed by atoms with Crippen LogP contribution >= 0.6 is 23.1 Å². The van der Waals surface area contributed by atoms with Gasteiger partial charge in [-0.2, -0.15) is 4.31 Å². The van der Waals surface area contributed by atoms with Crippen LogP contribution in [0.3, 0.4) is 0 Å². The van der Waals surface area contributed by atoms with Crippen LogP contribution in [0.15, 0.2) is 27.4 Å². The van der Waals surface area contributed by atoms with Gasteiger partial charge in [0.2, 0.25) is 21.1 Å². The average Bonchev–Trinajstić information content (AvgIpc) is 3.03. The van der Waals surface area contributed by atoms with Crippen LogP contribution in [-0.2, 0) is 14.8 Å². The molecular formula is C18H25N5O4S3. The van der Waals surface area contributed by atoms with E-state index in [2.05, 4.69) is 20.8 Å². The molecule has 1 aliphatic rings. The van der Waals surface area contributed by atoms with Gasteiger partial charge in [-0.05, 0) is 31.0 Å². The molecule has 9 nitrogen and oxygen atoms in total. The molecule has 1 aliphatic heterocycles. The van der Waals surface area contributed by atoms with Crippen LogP contribution in [0.4, 0.5) is 10.8 Å². The third-order valence-corrected chi connectivity index (χ3v) is 8.56. The second-order valence-corrected chi connectivity index (χ2v) is 10.8. The summed E-state index contributed by atoms with van der Waals surface area (Å²) in [5.41, 5.74) is 0.326. The van der Waals surface area contributed by atoms with Crippen molar-refractivity contribution in [3.8, 4) is 5.75 Å². The number of aromatic nitrogens is 2. The van der Waals surface area contributed by atoms with Gasteiger partial charge in [-0.3, -0.25) is 4.79 Å². The Bertz CT molecular complexity index is 972. The number of benzene rings is 1. The first kappa shape index (κ1) is 22.8. The summed E-state index contributed by atoms with van der Waals surface area (Å²) in [5.74, 6) is 0.227. The van der Waals surface area contributed by atoms with Gasteiger partial charge in [0.1, 0.15) is 5.75 Å². The van der Waals surface area contributed by atoms with Crippen LogP contribution in [0.25, 0.3) is 0 Å². The van der Waals surface area contributed by atoms with Crippen molar-refractivity contribution in [2.75, 3.05) is 43.6 Å². The number of rotatable bonds is 8. The minimum absolute atomic E-state index is 0.116. The highest BCUT2D eigenvalue weighted by molar-refractivity contribution is 8.01. The van der Waals surface area contributed by atoms with E-state index in [0.717, 1.165) is 25.7 Å². The zero-order chi connectivity index (χ0) is 21.6. The minimum Gasteiger partial charge on any atom is -0.495 e. The zero-order valence-corrected chi connectivity index (χ0v) is 19.3. The van der Waals surface area contributed by atoms with Crippen LogP contribution in [-0.4, -0.2) is 61.8 Å². The lowest BCUT2D eigenvalue weighted by Crippen LogP contribution is -2.32. The van der Waals surface area contributed by atoms with Gasteiger partial charge >= 0.3 is 0 Å². The molecule has 0 unspecified atom stereocenters. The second-order valence-electron chi connectivity index (χ2n) is 6.64. The monoisotopic (exact) mass is 471 g/mol. The van der Waals surface area contributed by atoms with Crippen molar-refractivity contribution in [3.63, 3.8) is 0 Å². The topological polar surface area (TPSA) is 114 Å². The Morgan fingerprint density at radius 2 is 1.97 bits per heavy atom. The van der Waals surface area contributed by atoms with Crippen LogP contribution in [0.2, 0.25) is 0 Å². The molecule has 0 spiro atoms. The van der Waals surface area contributed by atoms with Gasteiger partial charge in [-0.1, -0.05) is 35.9 Å². The number of carbonyl (C=O) groups is 1. The summed E-state index contributed by atoms with van der Waals surface area (Å²) < 4.78 is 33.6. The first-order chi connectivity index (χ1) is 14.4. The number of ether oxygens (including phenoxy) is 1. The fourth-order valence-electron chi connectivity index (χ4n) is 3.06. The molecule has 0 saturated carbocycles. The van der Waals surface area contributed by atoms with Crippen LogP contribution in [0, 0.1) is 0 Å². The number of nitrogens with zero attached hydrogens (tertiary/aromatic N) is 3. The number of anilines is 2. The Hall–Kier alpha value is -1.89. The van der Waals surface area contributed by atoms with Crippen molar-refractivity contribution in [2.24, 2.45) is 0 Å². The minimum atomic E-state index is -3.63. The summed E-state index contributed by atoms with van der Waals surface area (Å²) >= 11 is 2.61. The van der Waals surface area contributed by atoms with Crippen LogP contribution < -0.4 is 15.4 Å². The van der Waals surface area contributed by atoms with E-state index in [1.165, 1.54) is 46.6 Å². The van der Waals surface area contributed by atoms with E-state index in [-0.39, 0.29) is 16.6 Å². The van der Waals surface area contributed by atoms with Crippen molar-refractivity contribution in [2.45, 2.75) is 34.9 Å². The van der Waals surface area contributed by atoms with E-state index in [1.807, 2.05) is 0 Å². The number of sulfonamides is 1. The molecule has 30 heavy (non-hydrogen) atoms. The maximum atomic E-state index is 13.1. The molecule has 2 heterocycles. The Morgan fingerprint density at radius 1 is 1.23 bits per heavy atom. The standard InChI is InChI=1S/C18H25N5O4S3/c1-19-17-21-22-18(29-17)28-12-16(24)20-14-11-13(7-8-15(14)27-2)30(25,26)23-9-5-3-4-6-10-23/h7-8,11H,3-6,9-10,12H2,1-2H3,(H,19,21)(H,20,24). The van der Waals surface area contributed by atoms with Crippen molar-refractivity contribution in [3.05, 3.63) is 18.2 Å². The number of hydrogen-bond donors (Lipinski definition) is 2. The molecule has 1 amide bonds. The molecule has 2 aromatic rings. The van der Waals surface area contributed by atoms with Gasteiger partial charge in [-0.15, -0.1) is 10.2 Å². The lowest BCUT2D eigenvalue weighted by Gasteiger charge is -2.21. The summed E-state index contributed by atoms with van der Waals surface area (Å²) in [5, 5.41) is 14.2. The summed E-state index contributed by atoms with van der Waals surface area (Å²) in [6, 6.07) is 4.55. The maximum Gasteiger partial charge on any atom is 0.243 e. The summed E-state index contributed by atoms with van der Waals surface area (Å²) in [6.07, 6.45) is 3.80. The third kappa shape index (κ3) is 5.62. The second kappa shape index (κ2) is 10.4. The molecule has 1 aromatic heterocycles. The highest BCUT2D eigenvalue weighted by Crippen LogP contribution is 2.31. The van der Waals surface area contributed by atoms with Crippen molar-refractivity contribution < 1.29 is 17.9 Å². The SMILES string of the molecule is CNc1nnc(SCC(=O)Nc2cc(S(=O)(=O)N3CCCCCC3)ccc2OC)s1. The quantitative estimate of drug-likeness (QED) is 0.565. The van der Waals surface area contributed by atoms with E-state index in [1.54, 1.807) is 13.1 Å². The molecule has 3 rings (SSSR count). The zero-order valence-electron chi connectivity index (χ0n) is 16.9. The first-order valence-corrected chi connectivity index (χ1v) is 12.8. The number of carbonyl (C=O) groups excluding carboxylic acids is 1. The van der Waals surface area contributed by atoms with E-state index < -0.39 is 10.0 Å². The van der Waals surface area contributed by atoms with E-state index in [4.69, 9.17) is 4.74 Å². The smallest absolute Gasteiger partial charge is 0.243 e. The van der Waals surface area contributed by atoms with Gasteiger partial charge < -0.3 is 15.4 Å². The number of nitrogens with one attached hydrogen (secondary N) is 2. The van der Waals surface area contributed by atoms with E-state index in [0.29, 0.717) is 34.0 Å². The molecular weight excluding hydrogens is 446 g/mol. The fourth-order valence-corrected chi connectivity index (χ4v) is 6.11. The normalized spacial score (nSPS) is 15.4. The highest BCUT2D eigenvalue weighted by atomic mass is 32.2. The predicted octanol–water partition coefficient (Wildman–Crippen LogP) is 2.88. The van der Waals surface area contributed by atoms with Gasteiger partial charge in [0, 0.05) is 20.1 Å². The first-order valence-electron chi connectivity index (χ1n) is 9.56. The maximum absolute atomic E-state index is 13.1. The Labute approximate surface area is 184 Å². The molecule has 0 aliphatic carbocycles. The van der Waals surface area contributed by atoms with Crippen molar-refractivity contribution in [1.82, 2.24) is 14.5 Å². The molecule has 164 valence electrons. The average molecular weight is 472 g/mol. The number of methoxy groups -OCH3 is 1. The molecule has 0 bridgehead atoms. The van der Waals surface area contributed by atoms with Crippen molar-refractivity contribution >= 4 is 49.8 Å². The lowest BCUT2D eigenvalue weighted by atomic mass is 10.2. The number of thioether (sulfide) groups is 1. The Balaban J connectivity index is 1.72. The van der Waals surface area contributed by atoms with E-state index >= 15 is 0 Å². The molecule has 0 radical (unpaired) electrons. The van der Waals surface area contributed by atoms with Gasteiger partial charge in [0.25, 0.3) is 0 Å². The highest BCUT2D eigenvalue weighted by Gasteiger charge is 2.26. The fraction of sp³-hybridized carbons (Fsp3) is 0.500. The molecule has 1 aromatic carbocycles. The van der Waals surface area contributed by atoms with Crippen molar-refractivity contribution in [1.29, 1.82) is 0 Å². The Kier molecular flexibility index (Phi) is 7.92. The molecule has 1 saturated heterocycles. The number of amides is 1. The van der Waals surface area contributed by atoms with Gasteiger partial charge in [0.15, 0.2) is 4.34 Å². The summed E-state index contributed by atoms with van der Waals surface area (Å²) in [4.78, 5) is 12.6. The summed E-state index contributed by atoms with van der Waals surface area (Å²) in [7, 11) is -0.400. The van der Waals surface area contributed by atoms with E-state index in [9.17, 15) is 13.2 Å². The lowest BCUT2D eigenvalue weighted by molar-refractivity contribution is -0.113. The third-order valence-electron chi connectivity index (χ3n) is 4.59. The molecule has 12 heteroatoms. The summed E-state index contributed by atoms with van der Waals surface area (Å²) in [6.45, 7) is 1.03. The Morgan fingerprint density at radius 3 is 2.60 bits per heavy atom. The number of hydrogen-bond acceptors (Lipinski definition) is 9. The van der Waals surface area contributed by atoms with Gasteiger partial charge in [-0.25, -0.2) is 8.42 Å². The van der Waals surface area contributed by atoms with Crippen LogP contribution in [0.5, 0.6) is 5.75 Å². The molecule has 0 atom stereocenters. The van der Waals surface area contributed by atoms with Gasteiger partial charge in [0.05, 0.1) is 23.4 Å². The van der Waals surface area contributed by atoms with Crippen LogP contribution in [0.1, 0.15) is 25.7 Å². The molecule has 1 fully saturated rings. The largest absolute Gasteiger partial charge is 0.495 e. The molecule has 2 N–H and O–H groups in total. The predicted molar refractivity (Wildman–Crippen MR) is 119 cm³/mol.